The van der Waals surface area contributed by atoms with E-state index in [9.17, 15) is 9.59 Å². The minimum atomic E-state index is -0.340. The molecule has 5 nitrogen and oxygen atoms in total. The number of hydrogen-bond acceptors (Lipinski definition) is 3. The number of unbranched alkanes of at least 4 members (excludes halogenated alkanes) is 10. The van der Waals surface area contributed by atoms with Crippen LogP contribution in [0.3, 0.4) is 0 Å². The van der Waals surface area contributed by atoms with Crippen LogP contribution in [0.1, 0.15) is 114 Å². The molecule has 0 radical (unpaired) electrons. The van der Waals surface area contributed by atoms with Crippen LogP contribution >= 0.6 is 0 Å². The lowest BCUT2D eigenvalue weighted by Gasteiger charge is -2.27. The van der Waals surface area contributed by atoms with E-state index in [1.54, 1.807) is 9.47 Å². The Morgan fingerprint density at radius 3 is 2.13 bits per heavy atom. The van der Waals surface area contributed by atoms with Crippen LogP contribution in [0, 0.1) is 13.8 Å². The van der Waals surface area contributed by atoms with Gasteiger partial charge in [-0.05, 0) is 51.0 Å². The molecule has 1 atom stereocenters. The predicted octanol–water partition coefficient (Wildman–Crippen LogP) is 8.22. The van der Waals surface area contributed by atoms with E-state index in [1.807, 2.05) is 64.2 Å². The fraction of sp³-hybridized carbons (Fsp3) is 0.545. The van der Waals surface area contributed by atoms with Gasteiger partial charge >= 0.3 is 0 Å². The second-order valence-corrected chi connectivity index (χ2v) is 10.9. The molecular formula is C33H47N3O2. The first-order chi connectivity index (χ1) is 18.3. The van der Waals surface area contributed by atoms with Crippen molar-refractivity contribution < 1.29 is 4.79 Å². The molecule has 0 bridgehead atoms. The van der Waals surface area contributed by atoms with Crippen LogP contribution in [0.15, 0.2) is 47.3 Å². The van der Waals surface area contributed by atoms with E-state index >= 15 is 0 Å². The second-order valence-electron chi connectivity index (χ2n) is 10.9. The summed E-state index contributed by atoms with van der Waals surface area (Å²) in [5.41, 5.74) is 3.52. The zero-order chi connectivity index (χ0) is 27.5. The Bertz CT molecular complexity index is 1250. The SMILES string of the molecule is CCCCCCCCCCCCCC(=O)N(C)C(C)c1nc2ccccc2c(=O)n1-c1ccc(C)cc1C. The van der Waals surface area contributed by atoms with Crippen molar-refractivity contribution in [3.8, 4) is 5.69 Å². The first kappa shape index (κ1) is 29.6. The largest absolute Gasteiger partial charge is 0.336 e. The molecule has 38 heavy (non-hydrogen) atoms. The molecule has 0 fully saturated rings. The number of amides is 1. The molecule has 206 valence electrons. The Hall–Kier alpha value is -2.95. The lowest BCUT2D eigenvalue weighted by atomic mass is 10.0. The molecule has 0 saturated carbocycles. The molecule has 0 spiro atoms. The van der Waals surface area contributed by atoms with Crippen molar-refractivity contribution in [2.45, 2.75) is 111 Å². The highest BCUT2D eigenvalue weighted by Crippen LogP contribution is 2.25. The van der Waals surface area contributed by atoms with Gasteiger partial charge in [-0.15, -0.1) is 0 Å². The zero-order valence-corrected chi connectivity index (χ0v) is 24.3. The summed E-state index contributed by atoms with van der Waals surface area (Å²) >= 11 is 0. The van der Waals surface area contributed by atoms with Gasteiger partial charge in [-0.2, -0.15) is 0 Å². The lowest BCUT2D eigenvalue weighted by molar-refractivity contribution is -0.132. The fourth-order valence-corrected chi connectivity index (χ4v) is 5.23. The van der Waals surface area contributed by atoms with E-state index in [2.05, 4.69) is 13.0 Å². The number of fused-ring (bicyclic) bond motifs is 1. The van der Waals surface area contributed by atoms with Crippen molar-refractivity contribution in [2.75, 3.05) is 7.05 Å². The highest BCUT2D eigenvalue weighted by atomic mass is 16.2. The van der Waals surface area contributed by atoms with Crippen LogP contribution in [-0.4, -0.2) is 27.4 Å². The molecular weight excluding hydrogens is 470 g/mol. The van der Waals surface area contributed by atoms with E-state index in [1.165, 1.54) is 57.8 Å². The molecule has 0 saturated heterocycles. The molecule has 0 aliphatic carbocycles. The molecule has 5 heteroatoms. The van der Waals surface area contributed by atoms with E-state index in [0.29, 0.717) is 23.1 Å². The number of nitrogens with zero attached hydrogens (tertiary/aromatic N) is 3. The molecule has 3 aromatic rings. The summed E-state index contributed by atoms with van der Waals surface area (Å²) in [6, 6.07) is 13.2. The maximum Gasteiger partial charge on any atom is 0.266 e. The third kappa shape index (κ3) is 7.78. The Labute approximate surface area is 229 Å². The highest BCUT2D eigenvalue weighted by molar-refractivity contribution is 5.79. The number of aryl methyl sites for hydroxylation is 2. The maximum absolute atomic E-state index is 13.7. The van der Waals surface area contributed by atoms with Crippen molar-refractivity contribution in [1.82, 2.24) is 14.5 Å². The number of aromatic nitrogens is 2. The predicted molar refractivity (Wildman–Crippen MR) is 159 cm³/mol. The normalized spacial score (nSPS) is 12.1. The standard InChI is InChI=1S/C33H47N3O2/c1-6-7-8-9-10-11-12-13-14-15-16-21-31(37)35(5)27(4)32-34-29-20-18-17-19-28(29)33(38)36(32)30-23-22-25(2)24-26(30)3/h17-20,22-24,27H,6-16,21H2,1-5H3. The highest BCUT2D eigenvalue weighted by Gasteiger charge is 2.24. The number of benzene rings is 2. The van der Waals surface area contributed by atoms with Crippen molar-refractivity contribution in [1.29, 1.82) is 0 Å². The van der Waals surface area contributed by atoms with Crippen molar-refractivity contribution in [3.05, 3.63) is 69.8 Å². The van der Waals surface area contributed by atoms with Crippen molar-refractivity contribution in [3.63, 3.8) is 0 Å². The first-order valence-electron chi connectivity index (χ1n) is 14.7. The quantitative estimate of drug-likeness (QED) is 0.191. The maximum atomic E-state index is 13.7. The van der Waals surface area contributed by atoms with Crippen molar-refractivity contribution >= 4 is 16.8 Å². The first-order valence-corrected chi connectivity index (χ1v) is 14.7. The van der Waals surface area contributed by atoms with Gasteiger partial charge in [0.1, 0.15) is 5.82 Å². The van der Waals surface area contributed by atoms with Gasteiger partial charge in [0, 0.05) is 13.5 Å². The van der Waals surface area contributed by atoms with E-state index < -0.39 is 0 Å². The minimum Gasteiger partial charge on any atom is -0.336 e. The van der Waals surface area contributed by atoms with Gasteiger partial charge < -0.3 is 4.90 Å². The molecule has 1 unspecified atom stereocenters. The van der Waals surface area contributed by atoms with Crippen LogP contribution in [-0.2, 0) is 4.79 Å². The number of para-hydroxylation sites is 1. The van der Waals surface area contributed by atoms with Gasteiger partial charge in [-0.3, -0.25) is 14.2 Å². The van der Waals surface area contributed by atoms with E-state index in [0.717, 1.165) is 29.7 Å². The number of carbonyl (C=O) groups excluding carboxylic acids is 1. The summed E-state index contributed by atoms with van der Waals surface area (Å²) < 4.78 is 1.70. The second kappa shape index (κ2) is 14.8. The van der Waals surface area contributed by atoms with Crippen LogP contribution in [0.2, 0.25) is 0 Å². The smallest absolute Gasteiger partial charge is 0.266 e. The van der Waals surface area contributed by atoms with Gasteiger partial charge in [-0.1, -0.05) is 101 Å². The molecule has 3 rings (SSSR count). The lowest BCUT2D eigenvalue weighted by Crippen LogP contribution is -2.35. The molecule has 2 aromatic carbocycles. The molecule has 1 heterocycles. The van der Waals surface area contributed by atoms with Gasteiger partial charge in [0.15, 0.2) is 0 Å². The summed E-state index contributed by atoms with van der Waals surface area (Å²) in [7, 11) is 1.83. The van der Waals surface area contributed by atoms with Crippen LogP contribution in [0.4, 0.5) is 0 Å². The summed E-state index contributed by atoms with van der Waals surface area (Å²) in [6.45, 7) is 8.28. The molecule has 0 aliphatic rings. The Balaban J connectivity index is 1.64. The third-order valence-electron chi connectivity index (χ3n) is 7.74. The number of hydrogen-bond donors (Lipinski definition) is 0. The number of rotatable bonds is 15. The van der Waals surface area contributed by atoms with Gasteiger partial charge in [-0.25, -0.2) is 4.98 Å². The molecule has 0 aliphatic heterocycles. The molecule has 1 amide bonds. The van der Waals surface area contributed by atoms with Crippen LogP contribution < -0.4 is 5.56 Å². The third-order valence-corrected chi connectivity index (χ3v) is 7.74. The summed E-state index contributed by atoms with van der Waals surface area (Å²) in [5.74, 6) is 0.693. The van der Waals surface area contributed by atoms with Gasteiger partial charge in [0.25, 0.3) is 5.56 Å². The van der Waals surface area contributed by atoms with Crippen LogP contribution in [0.25, 0.3) is 16.6 Å². The van der Waals surface area contributed by atoms with Crippen molar-refractivity contribution in [2.24, 2.45) is 0 Å². The summed E-state index contributed by atoms with van der Waals surface area (Å²) in [5, 5.41) is 0.582. The number of carbonyl (C=O) groups is 1. The van der Waals surface area contributed by atoms with E-state index in [4.69, 9.17) is 4.98 Å². The molecule has 0 N–H and O–H groups in total. The summed E-state index contributed by atoms with van der Waals surface area (Å²) in [6.07, 6.45) is 14.4. The van der Waals surface area contributed by atoms with E-state index in [-0.39, 0.29) is 17.5 Å². The Morgan fingerprint density at radius 1 is 0.895 bits per heavy atom. The van der Waals surface area contributed by atoms with Crippen LogP contribution in [0.5, 0.6) is 0 Å². The Morgan fingerprint density at radius 2 is 1.50 bits per heavy atom. The average Bonchev–Trinajstić information content (AvgIpc) is 2.91. The Kier molecular flexibility index (Phi) is 11.6. The monoisotopic (exact) mass is 517 g/mol. The summed E-state index contributed by atoms with van der Waals surface area (Å²) in [4.78, 5) is 33.5. The van der Waals surface area contributed by atoms with Gasteiger partial charge in [0.2, 0.25) is 5.91 Å². The topological polar surface area (TPSA) is 55.2 Å². The average molecular weight is 518 g/mol. The fourth-order valence-electron chi connectivity index (χ4n) is 5.23. The molecule has 1 aromatic heterocycles. The zero-order valence-electron chi connectivity index (χ0n) is 24.3. The van der Waals surface area contributed by atoms with Gasteiger partial charge in [0.05, 0.1) is 22.6 Å². The minimum absolute atomic E-state index is 0.100.